The molecule has 4 nitrogen and oxygen atoms in total. The van der Waals surface area contributed by atoms with Gasteiger partial charge in [-0.15, -0.1) is 0 Å². The molecule has 8 heteroatoms. The first kappa shape index (κ1) is 14.7. The Morgan fingerprint density at radius 2 is 2.10 bits per heavy atom. The first-order valence-electron chi connectivity index (χ1n) is 5.88. The van der Waals surface area contributed by atoms with Crippen LogP contribution >= 0.6 is 11.8 Å². The number of hydrogen-bond acceptors (Lipinski definition) is 4. The van der Waals surface area contributed by atoms with Gasteiger partial charge in [-0.3, -0.25) is 4.68 Å². The Bertz CT molecular complexity index is 595. The van der Waals surface area contributed by atoms with Crippen LogP contribution < -0.4 is 5.32 Å². The molecule has 0 saturated carbocycles. The van der Waals surface area contributed by atoms with Crippen LogP contribution in [-0.2, 0) is 13.2 Å². The lowest BCUT2D eigenvalue weighted by Gasteiger charge is -2.11. The van der Waals surface area contributed by atoms with E-state index in [2.05, 4.69) is 15.4 Å². The van der Waals surface area contributed by atoms with Crippen LogP contribution in [0.4, 0.5) is 19.0 Å². The Kier molecular flexibility index (Phi) is 4.22. The minimum absolute atomic E-state index is 0.216. The second kappa shape index (κ2) is 5.74. The van der Waals surface area contributed by atoms with E-state index < -0.39 is 11.7 Å². The lowest BCUT2D eigenvalue weighted by atomic mass is 10.2. The van der Waals surface area contributed by atoms with Crippen molar-refractivity contribution in [2.24, 2.45) is 7.05 Å². The molecule has 108 valence electrons. The van der Waals surface area contributed by atoms with Crippen molar-refractivity contribution in [3.8, 4) is 0 Å². The zero-order chi connectivity index (χ0) is 14.8. The van der Waals surface area contributed by atoms with Crippen LogP contribution in [0.15, 0.2) is 34.4 Å². The molecule has 0 aliphatic heterocycles. The summed E-state index contributed by atoms with van der Waals surface area (Å²) in [5.41, 5.74) is -0.713. The molecule has 2 aromatic heterocycles. The monoisotopic (exact) mass is 302 g/mol. The summed E-state index contributed by atoms with van der Waals surface area (Å²) in [6.45, 7) is 2.31. The molecule has 0 amide bonds. The van der Waals surface area contributed by atoms with Crippen molar-refractivity contribution in [1.82, 2.24) is 14.8 Å². The Morgan fingerprint density at radius 3 is 2.65 bits per heavy atom. The fourth-order valence-corrected chi connectivity index (χ4v) is 2.44. The SMILES string of the molecule is CCNc1cc(C(F)(F)F)cc(Sc2cnn(C)c2)n1. The molecule has 2 rings (SSSR count). The highest BCUT2D eigenvalue weighted by Gasteiger charge is 2.31. The fourth-order valence-electron chi connectivity index (χ4n) is 1.57. The van der Waals surface area contributed by atoms with Gasteiger partial charge in [0, 0.05) is 19.8 Å². The van der Waals surface area contributed by atoms with Crippen LogP contribution in [0.2, 0.25) is 0 Å². The Hall–Kier alpha value is -1.70. The molecular weight excluding hydrogens is 289 g/mol. The number of aromatic nitrogens is 3. The van der Waals surface area contributed by atoms with Gasteiger partial charge in [0.1, 0.15) is 10.8 Å². The summed E-state index contributed by atoms with van der Waals surface area (Å²) in [6, 6.07) is 2.05. The lowest BCUT2D eigenvalue weighted by molar-refractivity contribution is -0.137. The number of nitrogens with one attached hydrogen (secondary N) is 1. The van der Waals surface area contributed by atoms with E-state index in [-0.39, 0.29) is 10.8 Å². The maximum Gasteiger partial charge on any atom is 0.416 e. The van der Waals surface area contributed by atoms with Gasteiger partial charge in [-0.25, -0.2) is 4.98 Å². The average Bonchev–Trinajstić information content (AvgIpc) is 2.74. The molecule has 0 atom stereocenters. The number of nitrogens with zero attached hydrogens (tertiary/aromatic N) is 3. The average molecular weight is 302 g/mol. The molecule has 1 N–H and O–H groups in total. The van der Waals surface area contributed by atoms with Gasteiger partial charge in [0.05, 0.1) is 16.7 Å². The standard InChI is InChI=1S/C12H13F3N4S/c1-3-16-10-4-8(12(13,14)15)5-11(18-10)20-9-6-17-19(2)7-9/h4-7H,3H2,1-2H3,(H,16,18). The van der Waals surface area contributed by atoms with Gasteiger partial charge in [0.25, 0.3) is 0 Å². The van der Waals surface area contributed by atoms with E-state index in [1.807, 2.05) is 0 Å². The third-order valence-electron chi connectivity index (χ3n) is 2.39. The van der Waals surface area contributed by atoms with Crippen LogP contribution in [0.5, 0.6) is 0 Å². The molecule has 20 heavy (non-hydrogen) atoms. The molecule has 0 saturated heterocycles. The first-order chi connectivity index (χ1) is 9.38. The number of hydrogen-bond donors (Lipinski definition) is 1. The van der Waals surface area contributed by atoms with E-state index in [4.69, 9.17) is 0 Å². The molecule has 0 aliphatic rings. The van der Waals surface area contributed by atoms with Crippen molar-refractivity contribution >= 4 is 17.6 Å². The zero-order valence-corrected chi connectivity index (χ0v) is 11.7. The number of aryl methyl sites for hydroxylation is 1. The summed E-state index contributed by atoms with van der Waals surface area (Å²) in [5, 5.41) is 7.06. The quantitative estimate of drug-likeness (QED) is 0.940. The van der Waals surface area contributed by atoms with E-state index >= 15 is 0 Å². The highest BCUT2D eigenvalue weighted by molar-refractivity contribution is 7.99. The van der Waals surface area contributed by atoms with Gasteiger partial charge in [0.15, 0.2) is 0 Å². The van der Waals surface area contributed by atoms with E-state index in [0.717, 1.165) is 28.8 Å². The second-order valence-corrected chi connectivity index (χ2v) is 5.15. The number of anilines is 1. The second-order valence-electron chi connectivity index (χ2n) is 4.06. The van der Waals surface area contributed by atoms with Crippen molar-refractivity contribution in [2.45, 2.75) is 23.0 Å². The number of alkyl halides is 3. The van der Waals surface area contributed by atoms with Crippen LogP contribution in [0.1, 0.15) is 12.5 Å². The minimum atomic E-state index is -4.39. The number of halogens is 3. The van der Waals surface area contributed by atoms with Gasteiger partial charge < -0.3 is 5.32 Å². The van der Waals surface area contributed by atoms with Gasteiger partial charge in [-0.1, -0.05) is 11.8 Å². The van der Waals surface area contributed by atoms with Crippen LogP contribution in [0.3, 0.4) is 0 Å². The van der Waals surface area contributed by atoms with Crippen molar-refractivity contribution in [3.05, 3.63) is 30.1 Å². The fraction of sp³-hybridized carbons (Fsp3) is 0.333. The van der Waals surface area contributed by atoms with Gasteiger partial charge >= 0.3 is 6.18 Å². The smallest absolute Gasteiger partial charge is 0.370 e. The maximum absolute atomic E-state index is 12.8. The highest BCUT2D eigenvalue weighted by atomic mass is 32.2. The predicted octanol–water partition coefficient (Wildman–Crippen LogP) is 3.42. The summed E-state index contributed by atoms with van der Waals surface area (Å²) in [4.78, 5) is 4.89. The molecule has 0 aliphatic carbocycles. The molecule has 0 fully saturated rings. The normalized spacial score (nSPS) is 11.7. The molecular formula is C12H13F3N4S. The topological polar surface area (TPSA) is 42.7 Å². The zero-order valence-electron chi connectivity index (χ0n) is 10.9. The Morgan fingerprint density at radius 1 is 1.35 bits per heavy atom. The third-order valence-corrected chi connectivity index (χ3v) is 3.26. The van der Waals surface area contributed by atoms with E-state index in [1.165, 1.54) is 0 Å². The van der Waals surface area contributed by atoms with E-state index in [0.29, 0.717) is 6.54 Å². The lowest BCUT2D eigenvalue weighted by Crippen LogP contribution is -2.08. The Labute approximate surface area is 118 Å². The number of pyridine rings is 1. The summed E-state index contributed by atoms with van der Waals surface area (Å²) in [6.07, 6.45) is -1.09. The van der Waals surface area contributed by atoms with Crippen molar-refractivity contribution in [1.29, 1.82) is 0 Å². The van der Waals surface area contributed by atoms with E-state index in [9.17, 15) is 13.2 Å². The molecule has 0 spiro atoms. The largest absolute Gasteiger partial charge is 0.416 e. The molecule has 0 bridgehead atoms. The molecule has 2 aromatic rings. The number of rotatable bonds is 4. The maximum atomic E-state index is 12.8. The summed E-state index contributed by atoms with van der Waals surface area (Å²) < 4.78 is 40.1. The predicted molar refractivity (Wildman–Crippen MR) is 70.7 cm³/mol. The third kappa shape index (κ3) is 3.66. The van der Waals surface area contributed by atoms with Gasteiger partial charge in [-0.05, 0) is 19.1 Å². The van der Waals surface area contributed by atoms with Gasteiger partial charge in [0.2, 0.25) is 0 Å². The summed E-state index contributed by atoms with van der Waals surface area (Å²) in [5.74, 6) is 0.216. The minimum Gasteiger partial charge on any atom is -0.370 e. The van der Waals surface area contributed by atoms with Crippen molar-refractivity contribution < 1.29 is 13.2 Å². The van der Waals surface area contributed by atoms with E-state index in [1.54, 1.807) is 31.0 Å². The first-order valence-corrected chi connectivity index (χ1v) is 6.70. The summed E-state index contributed by atoms with van der Waals surface area (Å²) in [7, 11) is 1.74. The molecule has 0 radical (unpaired) electrons. The van der Waals surface area contributed by atoms with Crippen molar-refractivity contribution in [2.75, 3.05) is 11.9 Å². The Balaban J connectivity index is 2.33. The molecule has 2 heterocycles. The van der Waals surface area contributed by atoms with Gasteiger partial charge in [-0.2, -0.15) is 18.3 Å². The summed E-state index contributed by atoms with van der Waals surface area (Å²) >= 11 is 1.14. The highest BCUT2D eigenvalue weighted by Crippen LogP contribution is 2.34. The van der Waals surface area contributed by atoms with Crippen LogP contribution in [0.25, 0.3) is 0 Å². The molecule has 0 aromatic carbocycles. The van der Waals surface area contributed by atoms with Crippen LogP contribution in [-0.4, -0.2) is 21.3 Å². The van der Waals surface area contributed by atoms with Crippen LogP contribution in [0, 0.1) is 0 Å². The van der Waals surface area contributed by atoms with Crippen molar-refractivity contribution in [3.63, 3.8) is 0 Å². The molecule has 0 unspecified atom stereocenters.